The van der Waals surface area contributed by atoms with Crippen molar-refractivity contribution in [3.63, 3.8) is 0 Å². The van der Waals surface area contributed by atoms with Crippen LogP contribution in [0.4, 0.5) is 5.69 Å². The molecule has 4 rings (SSSR count). The number of carboxylic acid groups (broad SMARTS) is 1. The van der Waals surface area contributed by atoms with E-state index in [1.807, 2.05) is 37.3 Å². The molecule has 0 spiro atoms. The summed E-state index contributed by atoms with van der Waals surface area (Å²) < 4.78 is 0. The van der Waals surface area contributed by atoms with Crippen LogP contribution in [0, 0.1) is 19.8 Å². The summed E-state index contributed by atoms with van der Waals surface area (Å²) in [6.45, 7) is 5.04. The first-order chi connectivity index (χ1) is 14.9. The molecule has 3 aromatic rings. The molecule has 1 N–H and O–H groups in total. The number of nitrogens with zero attached hydrogens (tertiary/aromatic N) is 2. The number of carboxylic acids is 1. The predicted molar refractivity (Wildman–Crippen MR) is 121 cm³/mol. The molecule has 5 nitrogen and oxygen atoms in total. The van der Waals surface area contributed by atoms with Gasteiger partial charge in [0.05, 0.1) is 5.92 Å². The Morgan fingerprint density at radius 3 is 2.42 bits per heavy atom. The van der Waals surface area contributed by atoms with Crippen molar-refractivity contribution >= 4 is 17.4 Å². The van der Waals surface area contributed by atoms with Crippen molar-refractivity contribution in [2.75, 3.05) is 18.0 Å². The molecule has 1 fully saturated rings. The van der Waals surface area contributed by atoms with E-state index in [9.17, 15) is 9.59 Å². The Morgan fingerprint density at radius 1 is 1.06 bits per heavy atom. The molecule has 158 valence electrons. The molecule has 1 aliphatic heterocycles. The van der Waals surface area contributed by atoms with Crippen LogP contribution in [0.25, 0.3) is 0 Å². The molecule has 1 aromatic heterocycles. The van der Waals surface area contributed by atoms with Crippen LogP contribution in [-0.2, 0) is 4.79 Å². The summed E-state index contributed by atoms with van der Waals surface area (Å²) >= 11 is 0. The van der Waals surface area contributed by atoms with E-state index in [1.54, 1.807) is 12.3 Å². The number of anilines is 1. The van der Waals surface area contributed by atoms with Gasteiger partial charge >= 0.3 is 5.97 Å². The van der Waals surface area contributed by atoms with Gasteiger partial charge in [-0.1, -0.05) is 36.4 Å². The normalized spacial score (nSPS) is 14.7. The first kappa shape index (κ1) is 20.8. The van der Waals surface area contributed by atoms with Crippen molar-refractivity contribution in [3.05, 3.63) is 94.8 Å². The van der Waals surface area contributed by atoms with Gasteiger partial charge in [-0.05, 0) is 54.8 Å². The maximum absolute atomic E-state index is 13.1. The second-order valence-electron chi connectivity index (χ2n) is 8.25. The third-order valence-corrected chi connectivity index (χ3v) is 6.06. The van der Waals surface area contributed by atoms with Gasteiger partial charge < -0.3 is 10.0 Å². The zero-order valence-corrected chi connectivity index (χ0v) is 17.8. The highest BCUT2D eigenvalue weighted by atomic mass is 16.4. The van der Waals surface area contributed by atoms with E-state index in [4.69, 9.17) is 5.11 Å². The zero-order valence-electron chi connectivity index (χ0n) is 17.8. The van der Waals surface area contributed by atoms with Crippen LogP contribution >= 0.6 is 0 Å². The number of aromatic nitrogens is 1. The van der Waals surface area contributed by atoms with Gasteiger partial charge in [-0.2, -0.15) is 0 Å². The lowest BCUT2D eigenvalue weighted by atomic mass is 9.83. The van der Waals surface area contributed by atoms with Crippen LogP contribution in [0.2, 0.25) is 0 Å². The van der Waals surface area contributed by atoms with E-state index in [-0.39, 0.29) is 17.6 Å². The average molecular weight is 415 g/mol. The number of benzene rings is 2. The Hall–Kier alpha value is -3.47. The molecule has 1 saturated heterocycles. The summed E-state index contributed by atoms with van der Waals surface area (Å²) in [4.78, 5) is 30.4. The highest BCUT2D eigenvalue weighted by Gasteiger charge is 2.32. The second kappa shape index (κ2) is 8.72. The zero-order chi connectivity index (χ0) is 22.0. The number of hydrogen-bond donors (Lipinski definition) is 1. The summed E-state index contributed by atoms with van der Waals surface area (Å²) in [5.74, 6) is -0.993. The van der Waals surface area contributed by atoms with E-state index < -0.39 is 5.97 Å². The molecule has 2 aromatic carbocycles. The van der Waals surface area contributed by atoms with Gasteiger partial charge in [-0.25, -0.2) is 0 Å². The van der Waals surface area contributed by atoms with Gasteiger partial charge in [0.1, 0.15) is 0 Å². The fourth-order valence-corrected chi connectivity index (χ4v) is 4.17. The van der Waals surface area contributed by atoms with Gasteiger partial charge in [0.25, 0.3) is 0 Å². The number of ketones is 1. The van der Waals surface area contributed by atoms with Crippen molar-refractivity contribution in [2.45, 2.75) is 26.2 Å². The molecule has 0 saturated carbocycles. The Morgan fingerprint density at radius 2 is 1.77 bits per heavy atom. The number of hydrogen-bond acceptors (Lipinski definition) is 4. The molecular weight excluding hydrogens is 388 g/mol. The van der Waals surface area contributed by atoms with Gasteiger partial charge in [-0.15, -0.1) is 0 Å². The van der Waals surface area contributed by atoms with Crippen LogP contribution in [0.15, 0.2) is 66.9 Å². The van der Waals surface area contributed by atoms with Crippen LogP contribution in [0.1, 0.15) is 45.1 Å². The lowest BCUT2D eigenvalue weighted by molar-refractivity contribution is -0.142. The van der Waals surface area contributed by atoms with Crippen molar-refractivity contribution in [1.82, 2.24) is 4.98 Å². The second-order valence-corrected chi connectivity index (χ2v) is 8.25. The van der Waals surface area contributed by atoms with E-state index in [0.717, 1.165) is 28.1 Å². The highest BCUT2D eigenvalue weighted by molar-refractivity contribution is 5.96. The van der Waals surface area contributed by atoms with Crippen molar-refractivity contribution < 1.29 is 14.7 Å². The van der Waals surface area contributed by atoms with Crippen LogP contribution in [0.3, 0.4) is 0 Å². The third-order valence-electron chi connectivity index (χ3n) is 6.06. The number of Topliss-reactive ketones (excluding diaryl/α,β-unsaturated/α-hetero) is 1. The van der Waals surface area contributed by atoms with Gasteiger partial charge in [0.15, 0.2) is 5.78 Å². The molecule has 0 aliphatic carbocycles. The number of aryl methyl sites for hydroxylation is 2. The minimum atomic E-state index is -0.739. The number of carbonyl (C=O) groups excluding carboxylic acids is 1. The van der Waals surface area contributed by atoms with Crippen molar-refractivity contribution in [3.8, 4) is 0 Å². The fraction of sp³-hybridized carbons (Fsp3) is 0.269. The summed E-state index contributed by atoms with van der Waals surface area (Å²) in [5.41, 5.74) is 5.90. The van der Waals surface area contributed by atoms with Crippen molar-refractivity contribution in [2.24, 2.45) is 5.92 Å². The van der Waals surface area contributed by atoms with Gasteiger partial charge in [-0.3, -0.25) is 14.6 Å². The van der Waals surface area contributed by atoms with Gasteiger partial charge in [0, 0.05) is 48.6 Å². The fourth-order valence-electron chi connectivity index (χ4n) is 4.17. The molecule has 2 heterocycles. The van der Waals surface area contributed by atoms with E-state index in [1.165, 1.54) is 0 Å². The quantitative estimate of drug-likeness (QED) is 0.571. The minimum absolute atomic E-state index is 0.0561. The molecule has 1 aliphatic rings. The molecular formula is C26H26N2O3. The largest absolute Gasteiger partial charge is 0.481 e. The molecule has 5 heteroatoms. The van der Waals surface area contributed by atoms with Gasteiger partial charge in [0.2, 0.25) is 0 Å². The first-order valence-electron chi connectivity index (χ1n) is 10.5. The van der Waals surface area contributed by atoms with E-state index >= 15 is 0 Å². The SMILES string of the molecule is Cc1cc(C(=O)CC(c2ccc(N3CC(C(=O)O)C3)cc2)c2ccccc2C)ccn1. The lowest BCUT2D eigenvalue weighted by Gasteiger charge is -2.38. The monoisotopic (exact) mass is 414 g/mol. The van der Waals surface area contributed by atoms with Crippen molar-refractivity contribution in [1.29, 1.82) is 0 Å². The molecule has 0 amide bonds. The summed E-state index contributed by atoms with van der Waals surface area (Å²) in [7, 11) is 0. The maximum atomic E-state index is 13.1. The first-order valence-corrected chi connectivity index (χ1v) is 10.5. The molecule has 0 radical (unpaired) electrons. The van der Waals surface area contributed by atoms with Crippen LogP contribution in [0.5, 0.6) is 0 Å². The lowest BCUT2D eigenvalue weighted by Crippen LogP contribution is -2.50. The smallest absolute Gasteiger partial charge is 0.310 e. The Kier molecular flexibility index (Phi) is 5.85. The summed E-state index contributed by atoms with van der Waals surface area (Å²) in [6, 6.07) is 20.0. The Bertz CT molecular complexity index is 1100. The van der Waals surface area contributed by atoms with E-state index in [0.29, 0.717) is 25.1 Å². The van der Waals surface area contributed by atoms with Crippen LogP contribution < -0.4 is 4.90 Å². The standard InChI is InChI=1S/C26H26N2O3/c1-17-5-3-4-6-23(17)24(14-25(29)20-11-12-27-18(2)13-20)19-7-9-22(10-8-19)28-15-21(16-28)26(30)31/h3-13,21,24H,14-16H2,1-2H3,(H,30,31). The molecule has 0 bridgehead atoms. The third kappa shape index (κ3) is 4.50. The molecule has 1 atom stereocenters. The predicted octanol–water partition coefficient (Wildman–Crippen LogP) is 4.62. The number of rotatable bonds is 7. The number of carbonyl (C=O) groups is 2. The van der Waals surface area contributed by atoms with Crippen LogP contribution in [-0.4, -0.2) is 34.9 Å². The Balaban J connectivity index is 1.60. The minimum Gasteiger partial charge on any atom is -0.481 e. The number of pyridine rings is 1. The summed E-state index contributed by atoms with van der Waals surface area (Å²) in [5, 5.41) is 9.10. The Labute approximate surface area is 182 Å². The van der Waals surface area contributed by atoms with E-state index in [2.05, 4.69) is 41.1 Å². The molecule has 1 unspecified atom stereocenters. The molecule has 31 heavy (non-hydrogen) atoms. The maximum Gasteiger partial charge on any atom is 0.310 e. The number of aliphatic carboxylic acids is 1. The topological polar surface area (TPSA) is 70.5 Å². The summed E-state index contributed by atoms with van der Waals surface area (Å²) in [6.07, 6.45) is 2.05. The average Bonchev–Trinajstić information content (AvgIpc) is 2.72. The highest BCUT2D eigenvalue weighted by Crippen LogP contribution is 2.34.